The molecule has 4 N–H and O–H groups in total. The van der Waals surface area contributed by atoms with Gasteiger partial charge in [-0.05, 0) is 12.3 Å². The predicted molar refractivity (Wildman–Crippen MR) is 64.3 cm³/mol. The number of aliphatic hydroxyl groups is 1. The maximum atomic E-state index is 11.7. The molecule has 1 heterocycles. The molecule has 0 aliphatic carbocycles. The van der Waals surface area contributed by atoms with Gasteiger partial charge in [0.2, 0.25) is 0 Å². The van der Waals surface area contributed by atoms with Crippen LogP contribution in [0.2, 0.25) is 0 Å². The Hall–Kier alpha value is -1.14. The first kappa shape index (κ1) is 12.9. The first-order valence-corrected chi connectivity index (χ1v) is 6.03. The van der Waals surface area contributed by atoms with Gasteiger partial charge in [-0.25, -0.2) is 4.98 Å². The second-order valence-corrected chi connectivity index (χ2v) is 4.94. The molecule has 1 aromatic heterocycles. The number of thiazole rings is 1. The summed E-state index contributed by atoms with van der Waals surface area (Å²) in [7, 11) is 0. The van der Waals surface area contributed by atoms with Gasteiger partial charge >= 0.3 is 0 Å². The van der Waals surface area contributed by atoms with Crippen LogP contribution in [0.5, 0.6) is 0 Å². The number of aromatic nitrogens is 1. The minimum atomic E-state index is -0.285. The maximum Gasteiger partial charge on any atom is 0.271 e. The van der Waals surface area contributed by atoms with Gasteiger partial charge in [0, 0.05) is 5.38 Å². The van der Waals surface area contributed by atoms with Crippen LogP contribution >= 0.6 is 11.3 Å². The first-order chi connectivity index (χ1) is 7.52. The number of aliphatic hydroxyl groups excluding tert-OH is 1. The van der Waals surface area contributed by atoms with E-state index in [9.17, 15) is 4.79 Å². The van der Waals surface area contributed by atoms with E-state index in [-0.39, 0.29) is 18.6 Å². The highest BCUT2D eigenvalue weighted by atomic mass is 32.1. The summed E-state index contributed by atoms with van der Waals surface area (Å²) >= 11 is 1.22. The average Bonchev–Trinajstić information content (AvgIpc) is 2.63. The van der Waals surface area contributed by atoms with Crippen LogP contribution in [0.25, 0.3) is 0 Å². The summed E-state index contributed by atoms with van der Waals surface area (Å²) in [6.45, 7) is 4.01. The van der Waals surface area contributed by atoms with Gasteiger partial charge in [0.05, 0.1) is 12.6 Å². The lowest BCUT2D eigenvalue weighted by Crippen LogP contribution is -2.38. The van der Waals surface area contributed by atoms with Gasteiger partial charge in [-0.15, -0.1) is 11.3 Å². The Bertz CT molecular complexity index is 352. The molecule has 0 saturated carbocycles. The number of nitrogens with one attached hydrogen (secondary N) is 1. The molecule has 0 spiro atoms. The Balaban J connectivity index is 2.55. The van der Waals surface area contributed by atoms with Crippen LogP contribution in [0.1, 0.15) is 30.8 Å². The number of carbonyl (C=O) groups is 1. The second kappa shape index (κ2) is 5.81. The molecule has 0 saturated heterocycles. The zero-order valence-corrected chi connectivity index (χ0v) is 10.3. The van der Waals surface area contributed by atoms with E-state index in [0.717, 1.165) is 6.42 Å². The average molecular weight is 243 g/mol. The molecule has 0 fully saturated rings. The maximum absolute atomic E-state index is 11.7. The molecule has 1 unspecified atom stereocenters. The van der Waals surface area contributed by atoms with E-state index in [4.69, 9.17) is 10.8 Å². The highest BCUT2D eigenvalue weighted by Crippen LogP contribution is 2.11. The monoisotopic (exact) mass is 243 g/mol. The zero-order valence-electron chi connectivity index (χ0n) is 9.43. The molecule has 16 heavy (non-hydrogen) atoms. The van der Waals surface area contributed by atoms with Gasteiger partial charge in [-0.2, -0.15) is 0 Å². The Morgan fingerprint density at radius 2 is 2.38 bits per heavy atom. The topological polar surface area (TPSA) is 88.2 Å². The number of anilines is 1. The van der Waals surface area contributed by atoms with Gasteiger partial charge in [0.1, 0.15) is 5.69 Å². The normalized spacial score (nSPS) is 12.8. The number of nitrogen functional groups attached to an aromatic ring is 1. The van der Waals surface area contributed by atoms with E-state index in [1.165, 1.54) is 11.3 Å². The molecule has 0 radical (unpaired) electrons. The molecular weight excluding hydrogens is 226 g/mol. The van der Waals surface area contributed by atoms with Crippen molar-refractivity contribution in [2.24, 2.45) is 5.92 Å². The van der Waals surface area contributed by atoms with E-state index in [2.05, 4.69) is 10.3 Å². The first-order valence-electron chi connectivity index (χ1n) is 5.15. The number of amides is 1. The van der Waals surface area contributed by atoms with E-state index in [1.54, 1.807) is 5.38 Å². The largest absolute Gasteiger partial charge is 0.394 e. The molecule has 1 rings (SSSR count). The van der Waals surface area contributed by atoms with Gasteiger partial charge in [-0.1, -0.05) is 13.8 Å². The van der Waals surface area contributed by atoms with Gasteiger partial charge < -0.3 is 16.2 Å². The molecule has 90 valence electrons. The van der Waals surface area contributed by atoms with Crippen molar-refractivity contribution in [1.82, 2.24) is 10.3 Å². The Morgan fingerprint density at radius 1 is 1.69 bits per heavy atom. The van der Waals surface area contributed by atoms with Crippen molar-refractivity contribution in [1.29, 1.82) is 0 Å². The van der Waals surface area contributed by atoms with E-state index < -0.39 is 0 Å². The van der Waals surface area contributed by atoms with Crippen molar-refractivity contribution in [3.8, 4) is 0 Å². The molecular formula is C10H17N3O2S. The number of hydrogen-bond donors (Lipinski definition) is 3. The summed E-state index contributed by atoms with van der Waals surface area (Å²) in [5.74, 6) is 0.130. The Morgan fingerprint density at radius 3 is 2.81 bits per heavy atom. The van der Waals surface area contributed by atoms with Crippen LogP contribution in [-0.4, -0.2) is 28.6 Å². The SMILES string of the molecule is CC(C)CC(CO)NC(=O)c1csc(N)n1. The third-order valence-electron chi connectivity index (χ3n) is 2.07. The lowest BCUT2D eigenvalue weighted by molar-refractivity contribution is 0.0904. The van der Waals surface area contributed by atoms with Crippen molar-refractivity contribution in [3.05, 3.63) is 11.1 Å². The van der Waals surface area contributed by atoms with Crippen molar-refractivity contribution < 1.29 is 9.90 Å². The van der Waals surface area contributed by atoms with E-state index in [1.807, 2.05) is 13.8 Å². The quantitative estimate of drug-likeness (QED) is 0.715. The summed E-state index contributed by atoms with van der Waals surface area (Å²) < 4.78 is 0. The zero-order chi connectivity index (χ0) is 12.1. The number of nitrogens with two attached hydrogens (primary N) is 1. The minimum Gasteiger partial charge on any atom is -0.394 e. The van der Waals surface area contributed by atoms with E-state index in [0.29, 0.717) is 16.7 Å². The minimum absolute atomic E-state index is 0.0659. The highest BCUT2D eigenvalue weighted by molar-refractivity contribution is 7.13. The molecule has 5 nitrogen and oxygen atoms in total. The standard InChI is InChI=1S/C10H17N3O2S/c1-6(2)3-7(4-14)12-9(15)8-5-16-10(11)13-8/h5-7,14H,3-4H2,1-2H3,(H2,11,13)(H,12,15). The van der Waals surface area contributed by atoms with Crippen LogP contribution in [0, 0.1) is 5.92 Å². The van der Waals surface area contributed by atoms with Gasteiger partial charge in [0.15, 0.2) is 5.13 Å². The van der Waals surface area contributed by atoms with Crippen molar-refractivity contribution in [3.63, 3.8) is 0 Å². The Kier molecular flexibility index (Phi) is 4.70. The molecule has 6 heteroatoms. The summed E-state index contributed by atoms with van der Waals surface area (Å²) in [5, 5.41) is 13.8. The molecule has 1 amide bonds. The summed E-state index contributed by atoms with van der Waals surface area (Å²) in [4.78, 5) is 15.6. The van der Waals surface area contributed by atoms with Crippen LogP contribution in [-0.2, 0) is 0 Å². The van der Waals surface area contributed by atoms with Crippen molar-refractivity contribution in [2.45, 2.75) is 26.3 Å². The molecule has 0 aliphatic rings. The predicted octanol–water partition coefficient (Wildman–Crippen LogP) is 0.862. The summed E-state index contributed by atoms with van der Waals surface area (Å²) in [5.41, 5.74) is 5.75. The summed E-state index contributed by atoms with van der Waals surface area (Å²) in [6.07, 6.45) is 0.738. The third kappa shape index (κ3) is 3.79. The van der Waals surface area contributed by atoms with Crippen LogP contribution in [0.3, 0.4) is 0 Å². The van der Waals surface area contributed by atoms with Crippen molar-refractivity contribution >= 4 is 22.4 Å². The Labute approximate surface area is 98.7 Å². The van der Waals surface area contributed by atoms with Crippen LogP contribution in [0.4, 0.5) is 5.13 Å². The fraction of sp³-hybridized carbons (Fsp3) is 0.600. The lowest BCUT2D eigenvalue weighted by Gasteiger charge is -2.17. The molecule has 1 atom stereocenters. The molecule has 0 aromatic carbocycles. The lowest BCUT2D eigenvalue weighted by atomic mass is 10.0. The van der Waals surface area contributed by atoms with Crippen LogP contribution < -0.4 is 11.1 Å². The number of hydrogen-bond acceptors (Lipinski definition) is 5. The molecule has 1 aromatic rings. The van der Waals surface area contributed by atoms with Crippen molar-refractivity contribution in [2.75, 3.05) is 12.3 Å². The third-order valence-corrected chi connectivity index (χ3v) is 2.74. The van der Waals surface area contributed by atoms with Gasteiger partial charge in [0.25, 0.3) is 5.91 Å². The smallest absolute Gasteiger partial charge is 0.271 e. The fourth-order valence-electron chi connectivity index (χ4n) is 1.40. The number of rotatable bonds is 5. The number of nitrogens with zero attached hydrogens (tertiary/aromatic N) is 1. The summed E-state index contributed by atoms with van der Waals surface area (Å²) in [6, 6.07) is -0.226. The van der Waals surface area contributed by atoms with Gasteiger partial charge in [-0.3, -0.25) is 4.79 Å². The second-order valence-electron chi connectivity index (χ2n) is 4.05. The van der Waals surface area contributed by atoms with Crippen LogP contribution in [0.15, 0.2) is 5.38 Å². The van der Waals surface area contributed by atoms with E-state index >= 15 is 0 Å². The molecule has 0 bridgehead atoms. The highest BCUT2D eigenvalue weighted by Gasteiger charge is 2.16. The fourth-order valence-corrected chi connectivity index (χ4v) is 1.94. The molecule has 0 aliphatic heterocycles. The number of carbonyl (C=O) groups excluding carboxylic acids is 1.